The monoisotopic (exact) mass is 481 g/mol. The van der Waals surface area contributed by atoms with Gasteiger partial charge in [0.1, 0.15) is 5.69 Å². The number of H-pyrrole nitrogens is 2. The van der Waals surface area contributed by atoms with Crippen molar-refractivity contribution in [1.29, 1.82) is 0 Å². The number of halogens is 1. The van der Waals surface area contributed by atoms with Gasteiger partial charge in [0.05, 0.1) is 16.9 Å². The van der Waals surface area contributed by atoms with Crippen LogP contribution >= 0.6 is 15.9 Å². The van der Waals surface area contributed by atoms with Crippen molar-refractivity contribution in [2.45, 2.75) is 20.3 Å². The molecule has 158 valence electrons. The van der Waals surface area contributed by atoms with E-state index in [-0.39, 0.29) is 17.7 Å². The fraction of sp³-hybridized carbons (Fsp3) is 0.190. The number of hydrogen-bond acceptors (Lipinski definition) is 5. The number of tetrazole rings is 1. The number of rotatable bonds is 6. The number of nitrogens with one attached hydrogen (secondary N) is 4. The molecular formula is C21H20BrN7O2. The van der Waals surface area contributed by atoms with Crippen LogP contribution in [0.4, 0.5) is 11.4 Å². The summed E-state index contributed by atoms with van der Waals surface area (Å²) in [5, 5.41) is 20.5. The summed E-state index contributed by atoms with van der Waals surface area (Å²) in [6.07, 6.45) is 0.424. The van der Waals surface area contributed by atoms with E-state index in [9.17, 15) is 9.59 Å². The third-order valence-corrected chi connectivity index (χ3v) is 5.09. The van der Waals surface area contributed by atoms with Gasteiger partial charge in [0.15, 0.2) is 5.82 Å². The molecule has 4 N–H and O–H groups in total. The molecule has 0 aliphatic carbocycles. The van der Waals surface area contributed by atoms with Crippen LogP contribution in [0.3, 0.4) is 0 Å². The van der Waals surface area contributed by atoms with E-state index in [2.05, 4.69) is 52.2 Å². The minimum Gasteiger partial charge on any atom is -0.349 e. The first kappa shape index (κ1) is 20.7. The number of para-hydroxylation sites is 1. The molecule has 0 atom stereocenters. The number of anilines is 2. The summed E-state index contributed by atoms with van der Waals surface area (Å²) in [5.74, 6) is 0.294. The number of benzene rings is 2. The molecule has 10 heteroatoms. The molecule has 2 aromatic carbocycles. The summed E-state index contributed by atoms with van der Waals surface area (Å²) >= 11 is 3.42. The SMILES string of the molecule is CC(C)CC(=O)Nc1cccc2cc(C(=O)Nc3ccc(Br)cc3-c3nnn[nH]3)[nH]c12. The fourth-order valence-corrected chi connectivity index (χ4v) is 3.60. The van der Waals surface area contributed by atoms with Crippen molar-refractivity contribution in [2.24, 2.45) is 5.92 Å². The van der Waals surface area contributed by atoms with Crippen LogP contribution in [0.1, 0.15) is 30.8 Å². The van der Waals surface area contributed by atoms with Gasteiger partial charge in [0, 0.05) is 21.8 Å². The molecule has 0 bridgehead atoms. The van der Waals surface area contributed by atoms with Gasteiger partial charge in [-0.3, -0.25) is 9.59 Å². The maximum Gasteiger partial charge on any atom is 0.272 e. The van der Waals surface area contributed by atoms with Gasteiger partial charge in [0.2, 0.25) is 5.91 Å². The highest BCUT2D eigenvalue weighted by atomic mass is 79.9. The number of hydrogen-bond donors (Lipinski definition) is 4. The van der Waals surface area contributed by atoms with E-state index in [4.69, 9.17) is 0 Å². The number of nitrogens with zero attached hydrogens (tertiary/aromatic N) is 3. The lowest BCUT2D eigenvalue weighted by Gasteiger charge is -2.09. The third-order valence-electron chi connectivity index (χ3n) is 4.60. The summed E-state index contributed by atoms with van der Waals surface area (Å²) in [4.78, 5) is 28.3. The number of amides is 2. The lowest BCUT2D eigenvalue weighted by Crippen LogP contribution is -2.14. The van der Waals surface area contributed by atoms with E-state index in [1.165, 1.54) is 0 Å². The molecule has 2 heterocycles. The van der Waals surface area contributed by atoms with Crippen LogP contribution in [-0.2, 0) is 4.79 Å². The summed E-state index contributed by atoms with van der Waals surface area (Å²) in [6.45, 7) is 3.98. The topological polar surface area (TPSA) is 128 Å². The molecule has 0 saturated heterocycles. The van der Waals surface area contributed by atoms with Gasteiger partial charge >= 0.3 is 0 Å². The lowest BCUT2D eigenvalue weighted by molar-refractivity contribution is -0.116. The molecule has 0 radical (unpaired) electrons. The standard InChI is InChI=1S/C21H20BrN7O2/c1-11(2)8-18(30)23-16-5-3-4-12-9-17(24-19(12)16)21(31)25-15-7-6-13(22)10-14(15)20-26-28-29-27-20/h3-7,9-11,24H,8H2,1-2H3,(H,23,30)(H,25,31)(H,26,27,28,29). The highest BCUT2D eigenvalue weighted by Gasteiger charge is 2.16. The Labute approximate surface area is 186 Å². The number of fused-ring (bicyclic) bond motifs is 1. The van der Waals surface area contributed by atoms with Gasteiger partial charge in [0.25, 0.3) is 5.91 Å². The second-order valence-electron chi connectivity index (χ2n) is 7.49. The van der Waals surface area contributed by atoms with Crippen molar-refractivity contribution in [3.05, 3.63) is 52.6 Å². The number of carbonyl (C=O) groups is 2. The van der Waals surface area contributed by atoms with Crippen LogP contribution < -0.4 is 10.6 Å². The zero-order chi connectivity index (χ0) is 22.0. The van der Waals surface area contributed by atoms with E-state index in [1.54, 1.807) is 12.1 Å². The first-order valence-electron chi connectivity index (χ1n) is 9.67. The molecule has 0 spiro atoms. The van der Waals surface area contributed by atoms with Crippen LogP contribution in [0.15, 0.2) is 46.9 Å². The van der Waals surface area contributed by atoms with Gasteiger partial charge in [-0.05, 0) is 46.7 Å². The molecule has 2 aromatic heterocycles. The van der Waals surface area contributed by atoms with Gasteiger partial charge in [-0.1, -0.05) is 41.9 Å². The minimum absolute atomic E-state index is 0.0664. The maximum atomic E-state index is 13.0. The van der Waals surface area contributed by atoms with Crippen LogP contribution in [0.5, 0.6) is 0 Å². The molecule has 0 aliphatic rings. The molecular weight excluding hydrogens is 462 g/mol. The molecule has 4 aromatic rings. The molecule has 2 amide bonds. The Morgan fingerprint density at radius 3 is 2.68 bits per heavy atom. The largest absolute Gasteiger partial charge is 0.349 e. The molecule has 4 rings (SSSR count). The fourth-order valence-electron chi connectivity index (χ4n) is 3.24. The molecule has 0 saturated carbocycles. The van der Waals surface area contributed by atoms with Crippen molar-refractivity contribution >= 4 is 50.0 Å². The van der Waals surface area contributed by atoms with E-state index in [1.807, 2.05) is 44.2 Å². The van der Waals surface area contributed by atoms with Crippen molar-refractivity contribution in [2.75, 3.05) is 10.6 Å². The quantitative estimate of drug-likeness (QED) is 0.325. The maximum absolute atomic E-state index is 13.0. The van der Waals surface area contributed by atoms with Gasteiger partial charge in [-0.2, -0.15) is 0 Å². The van der Waals surface area contributed by atoms with E-state index in [0.717, 1.165) is 9.86 Å². The van der Waals surface area contributed by atoms with Crippen LogP contribution in [0.2, 0.25) is 0 Å². The first-order chi connectivity index (χ1) is 14.9. The predicted molar refractivity (Wildman–Crippen MR) is 122 cm³/mol. The van der Waals surface area contributed by atoms with Crippen molar-refractivity contribution < 1.29 is 9.59 Å². The summed E-state index contributed by atoms with van der Waals surface area (Å²) in [5.41, 5.74) is 2.89. The van der Waals surface area contributed by atoms with Crippen LogP contribution in [0.25, 0.3) is 22.3 Å². The lowest BCUT2D eigenvalue weighted by atomic mass is 10.1. The van der Waals surface area contributed by atoms with Crippen molar-refractivity contribution in [1.82, 2.24) is 25.6 Å². The number of aromatic amines is 2. The second-order valence-corrected chi connectivity index (χ2v) is 8.41. The Morgan fingerprint density at radius 2 is 1.94 bits per heavy atom. The van der Waals surface area contributed by atoms with Gasteiger partial charge in [-0.25, -0.2) is 5.10 Å². The van der Waals surface area contributed by atoms with E-state index >= 15 is 0 Å². The molecule has 31 heavy (non-hydrogen) atoms. The zero-order valence-corrected chi connectivity index (χ0v) is 18.4. The molecule has 0 aliphatic heterocycles. The van der Waals surface area contributed by atoms with Crippen molar-refractivity contribution in [3.63, 3.8) is 0 Å². The van der Waals surface area contributed by atoms with Crippen LogP contribution in [-0.4, -0.2) is 37.4 Å². The third kappa shape index (κ3) is 4.64. The minimum atomic E-state index is -0.327. The van der Waals surface area contributed by atoms with Gasteiger partial charge < -0.3 is 15.6 Å². The molecule has 0 fully saturated rings. The normalized spacial score (nSPS) is 11.1. The average molecular weight is 482 g/mol. The average Bonchev–Trinajstić information content (AvgIpc) is 3.39. The Hall–Kier alpha value is -3.53. The molecule has 9 nitrogen and oxygen atoms in total. The van der Waals surface area contributed by atoms with Crippen LogP contribution in [0, 0.1) is 5.92 Å². The number of aromatic nitrogens is 5. The second kappa shape index (κ2) is 8.68. The summed E-state index contributed by atoms with van der Waals surface area (Å²) in [7, 11) is 0. The Bertz CT molecular complexity index is 1250. The number of carbonyl (C=O) groups excluding carboxylic acids is 2. The highest BCUT2D eigenvalue weighted by molar-refractivity contribution is 9.10. The van der Waals surface area contributed by atoms with Crippen molar-refractivity contribution in [3.8, 4) is 11.4 Å². The first-order valence-corrected chi connectivity index (χ1v) is 10.5. The predicted octanol–water partition coefficient (Wildman–Crippen LogP) is 4.35. The molecule has 0 unspecified atom stereocenters. The summed E-state index contributed by atoms with van der Waals surface area (Å²) in [6, 6.07) is 12.7. The zero-order valence-electron chi connectivity index (χ0n) is 16.9. The van der Waals surface area contributed by atoms with E-state index in [0.29, 0.717) is 40.4 Å². The summed E-state index contributed by atoms with van der Waals surface area (Å²) < 4.78 is 0.823. The van der Waals surface area contributed by atoms with Gasteiger partial charge in [-0.15, -0.1) is 5.10 Å². The Morgan fingerprint density at radius 1 is 1.10 bits per heavy atom. The highest BCUT2D eigenvalue weighted by Crippen LogP contribution is 2.29. The smallest absolute Gasteiger partial charge is 0.272 e. The Balaban J connectivity index is 1.61. The van der Waals surface area contributed by atoms with E-state index < -0.39 is 0 Å². The Kier molecular flexibility index (Phi) is 5.81.